The van der Waals surface area contributed by atoms with Crippen LogP contribution in [0.1, 0.15) is 71.5 Å². The van der Waals surface area contributed by atoms with Gasteiger partial charge in [-0.1, -0.05) is 6.07 Å². The standard InChI is InChI=1S/C35H44N4O6/c1-35(2,3)45-34(42)37(4)20-21-39-18-15-26(16-19-39)31-22-25(14-17-36-31)24-38(5)32(40)28-8-7-9-30(23-28)44-29-12-10-27(11-13-29)33(41)43-6/h7-14,17,22-23,26H,15-16,18-21,24H2,1-6H3. The van der Waals surface area contributed by atoms with E-state index in [-0.39, 0.29) is 12.0 Å². The Balaban J connectivity index is 1.28. The fourth-order valence-electron chi connectivity index (χ4n) is 5.16. The summed E-state index contributed by atoms with van der Waals surface area (Å²) in [5.41, 5.74) is 2.51. The Morgan fingerprint density at radius 1 is 0.911 bits per heavy atom. The number of hydrogen-bond acceptors (Lipinski definition) is 8. The number of esters is 1. The molecule has 2 heterocycles. The number of rotatable bonds is 10. The summed E-state index contributed by atoms with van der Waals surface area (Å²) in [7, 11) is 4.90. The molecule has 1 fully saturated rings. The van der Waals surface area contributed by atoms with Crippen LogP contribution in [0, 0.1) is 0 Å². The van der Waals surface area contributed by atoms with Gasteiger partial charge in [-0.25, -0.2) is 9.59 Å². The molecule has 3 aromatic rings. The third-order valence-electron chi connectivity index (χ3n) is 7.67. The molecule has 2 aromatic carbocycles. The second-order valence-corrected chi connectivity index (χ2v) is 12.4. The highest BCUT2D eigenvalue weighted by Gasteiger charge is 2.24. The summed E-state index contributed by atoms with van der Waals surface area (Å²) in [6, 6.07) is 17.7. The van der Waals surface area contributed by atoms with Crippen molar-refractivity contribution >= 4 is 18.0 Å². The van der Waals surface area contributed by atoms with Crippen molar-refractivity contribution in [2.24, 2.45) is 0 Å². The first-order chi connectivity index (χ1) is 21.4. The van der Waals surface area contributed by atoms with Crippen molar-refractivity contribution in [3.63, 3.8) is 0 Å². The number of likely N-dealkylation sites (N-methyl/N-ethyl adjacent to an activating group) is 1. The second-order valence-electron chi connectivity index (χ2n) is 12.4. The van der Waals surface area contributed by atoms with Crippen molar-refractivity contribution in [1.29, 1.82) is 0 Å². The number of pyridine rings is 1. The molecule has 1 saturated heterocycles. The van der Waals surface area contributed by atoms with Crippen molar-refractivity contribution in [2.45, 2.75) is 51.7 Å². The first-order valence-electron chi connectivity index (χ1n) is 15.2. The molecular weight excluding hydrogens is 572 g/mol. The number of nitrogens with zero attached hydrogens (tertiary/aromatic N) is 4. The summed E-state index contributed by atoms with van der Waals surface area (Å²) in [5.74, 6) is 0.879. The van der Waals surface area contributed by atoms with Gasteiger partial charge in [-0.05, 0) is 107 Å². The van der Waals surface area contributed by atoms with Crippen LogP contribution < -0.4 is 4.74 Å². The minimum Gasteiger partial charge on any atom is -0.465 e. The fourth-order valence-corrected chi connectivity index (χ4v) is 5.16. The van der Waals surface area contributed by atoms with Gasteiger partial charge in [0, 0.05) is 57.1 Å². The first-order valence-corrected chi connectivity index (χ1v) is 15.2. The maximum Gasteiger partial charge on any atom is 0.410 e. The van der Waals surface area contributed by atoms with Crippen molar-refractivity contribution < 1.29 is 28.6 Å². The molecule has 1 aliphatic heterocycles. The van der Waals surface area contributed by atoms with Crippen LogP contribution in [0.2, 0.25) is 0 Å². The molecular formula is C35H44N4O6. The molecule has 0 bridgehead atoms. The molecule has 0 radical (unpaired) electrons. The van der Waals surface area contributed by atoms with Crippen LogP contribution in [-0.4, -0.2) is 90.6 Å². The van der Waals surface area contributed by atoms with Gasteiger partial charge in [0.05, 0.1) is 12.7 Å². The smallest absolute Gasteiger partial charge is 0.410 e. The highest BCUT2D eigenvalue weighted by Crippen LogP contribution is 2.28. The third kappa shape index (κ3) is 9.78. The molecule has 4 rings (SSSR count). The summed E-state index contributed by atoms with van der Waals surface area (Å²) < 4.78 is 16.1. The van der Waals surface area contributed by atoms with Gasteiger partial charge in [-0.3, -0.25) is 9.78 Å². The zero-order chi connectivity index (χ0) is 32.6. The lowest BCUT2D eigenvalue weighted by atomic mass is 9.92. The average Bonchev–Trinajstić information content (AvgIpc) is 3.03. The lowest BCUT2D eigenvalue weighted by Crippen LogP contribution is -2.41. The largest absolute Gasteiger partial charge is 0.465 e. The predicted octanol–water partition coefficient (Wildman–Crippen LogP) is 5.98. The Labute approximate surface area is 265 Å². The van der Waals surface area contributed by atoms with Crippen molar-refractivity contribution in [1.82, 2.24) is 19.7 Å². The predicted molar refractivity (Wildman–Crippen MR) is 172 cm³/mol. The Hall–Kier alpha value is -4.44. The van der Waals surface area contributed by atoms with E-state index in [0.717, 1.165) is 43.7 Å². The number of amides is 2. The number of carbonyl (C=O) groups excluding carboxylic acids is 3. The number of likely N-dealkylation sites (tertiary alicyclic amines) is 1. The quantitative estimate of drug-likeness (QED) is 0.257. The van der Waals surface area contributed by atoms with Crippen LogP contribution >= 0.6 is 0 Å². The van der Waals surface area contributed by atoms with Crippen LogP contribution in [0.3, 0.4) is 0 Å². The molecule has 2 amide bonds. The number of aromatic nitrogens is 1. The molecule has 0 N–H and O–H groups in total. The van der Waals surface area contributed by atoms with E-state index in [0.29, 0.717) is 41.6 Å². The monoisotopic (exact) mass is 616 g/mol. The van der Waals surface area contributed by atoms with Crippen LogP contribution in [0.15, 0.2) is 66.9 Å². The molecule has 10 nitrogen and oxygen atoms in total. The van der Waals surface area contributed by atoms with Gasteiger partial charge < -0.3 is 28.9 Å². The van der Waals surface area contributed by atoms with Gasteiger partial charge in [0.2, 0.25) is 0 Å². The van der Waals surface area contributed by atoms with E-state index in [1.165, 1.54) is 7.11 Å². The number of benzene rings is 2. The van der Waals surface area contributed by atoms with Gasteiger partial charge in [-0.2, -0.15) is 0 Å². The van der Waals surface area contributed by atoms with Crippen LogP contribution in [0.25, 0.3) is 0 Å². The van der Waals surface area contributed by atoms with Gasteiger partial charge in [0.25, 0.3) is 5.91 Å². The van der Waals surface area contributed by atoms with Crippen LogP contribution in [-0.2, 0) is 16.0 Å². The number of carbonyl (C=O) groups is 3. The number of hydrogen-bond donors (Lipinski definition) is 0. The van der Waals surface area contributed by atoms with Crippen LogP contribution in [0.5, 0.6) is 11.5 Å². The number of ether oxygens (including phenoxy) is 3. The zero-order valence-electron chi connectivity index (χ0n) is 27.1. The number of methoxy groups -OCH3 is 1. The van der Waals surface area contributed by atoms with E-state index in [2.05, 4.69) is 16.0 Å². The highest BCUT2D eigenvalue weighted by molar-refractivity contribution is 5.94. The maximum absolute atomic E-state index is 13.3. The normalized spacial score (nSPS) is 14.0. The van der Waals surface area contributed by atoms with E-state index in [9.17, 15) is 14.4 Å². The Morgan fingerprint density at radius 3 is 2.29 bits per heavy atom. The average molecular weight is 617 g/mol. The lowest BCUT2D eigenvalue weighted by molar-refractivity contribution is 0.0278. The summed E-state index contributed by atoms with van der Waals surface area (Å²) in [6.07, 6.45) is 3.50. The van der Waals surface area contributed by atoms with Crippen molar-refractivity contribution in [3.8, 4) is 11.5 Å². The summed E-state index contributed by atoms with van der Waals surface area (Å²) >= 11 is 0. The Morgan fingerprint density at radius 2 is 1.62 bits per heavy atom. The summed E-state index contributed by atoms with van der Waals surface area (Å²) in [4.78, 5) is 47.6. The molecule has 240 valence electrons. The third-order valence-corrected chi connectivity index (χ3v) is 7.67. The molecule has 45 heavy (non-hydrogen) atoms. The van der Waals surface area contributed by atoms with Crippen molar-refractivity contribution in [3.05, 3.63) is 89.2 Å². The topological polar surface area (TPSA) is 102 Å². The molecule has 0 atom stereocenters. The minimum absolute atomic E-state index is 0.121. The highest BCUT2D eigenvalue weighted by atomic mass is 16.6. The van der Waals surface area contributed by atoms with E-state index in [4.69, 9.17) is 14.2 Å². The molecule has 0 aliphatic carbocycles. The fraction of sp³-hybridized carbons (Fsp3) is 0.429. The van der Waals surface area contributed by atoms with E-state index < -0.39 is 11.6 Å². The Kier molecular flexibility index (Phi) is 11.2. The maximum atomic E-state index is 13.3. The zero-order valence-corrected chi connectivity index (χ0v) is 27.1. The molecule has 10 heteroatoms. The second kappa shape index (κ2) is 15.0. The van der Waals surface area contributed by atoms with E-state index in [1.807, 2.05) is 33.0 Å². The van der Waals surface area contributed by atoms with Crippen LogP contribution in [0.4, 0.5) is 4.79 Å². The molecule has 0 unspecified atom stereocenters. The van der Waals surface area contributed by atoms with Gasteiger partial charge >= 0.3 is 12.1 Å². The molecule has 1 aromatic heterocycles. The first kappa shape index (κ1) is 33.5. The van der Waals surface area contributed by atoms with E-state index in [1.54, 1.807) is 72.4 Å². The van der Waals surface area contributed by atoms with Gasteiger partial charge in [0.1, 0.15) is 17.1 Å². The minimum atomic E-state index is -0.503. The summed E-state index contributed by atoms with van der Waals surface area (Å²) in [6.45, 7) is 9.35. The van der Waals surface area contributed by atoms with Gasteiger partial charge in [-0.15, -0.1) is 0 Å². The summed E-state index contributed by atoms with van der Waals surface area (Å²) in [5, 5.41) is 0. The number of piperidine rings is 1. The molecule has 0 saturated carbocycles. The SMILES string of the molecule is COC(=O)c1ccc(Oc2cccc(C(=O)N(C)Cc3ccnc(C4CCN(CCN(C)C(=O)OC(C)(C)C)CC4)c3)c2)cc1. The Bertz CT molecular complexity index is 1460. The molecule has 1 aliphatic rings. The molecule has 0 spiro atoms. The lowest BCUT2D eigenvalue weighted by Gasteiger charge is -2.33. The van der Waals surface area contributed by atoms with E-state index >= 15 is 0 Å². The van der Waals surface area contributed by atoms with Crippen molar-refractivity contribution in [2.75, 3.05) is 47.4 Å². The van der Waals surface area contributed by atoms with Gasteiger partial charge in [0.15, 0.2) is 0 Å².